The van der Waals surface area contributed by atoms with Crippen molar-refractivity contribution in [2.45, 2.75) is 44.2 Å². The van der Waals surface area contributed by atoms with Gasteiger partial charge in [-0.3, -0.25) is 9.78 Å². The third kappa shape index (κ3) is 5.27. The van der Waals surface area contributed by atoms with Crippen LogP contribution in [0.3, 0.4) is 0 Å². The lowest BCUT2D eigenvalue weighted by Gasteiger charge is -2.31. The van der Waals surface area contributed by atoms with Crippen LogP contribution in [0.5, 0.6) is 0 Å². The average Bonchev–Trinajstić information content (AvgIpc) is 3.76. The fourth-order valence-electron chi connectivity index (χ4n) is 4.98. The quantitative estimate of drug-likeness (QED) is 0.281. The number of methoxy groups -OCH3 is 1. The molecule has 2 atom stereocenters. The number of amides is 1. The zero-order valence-corrected chi connectivity index (χ0v) is 22.5. The molecule has 1 N–H and O–H groups in total. The molecule has 15 heteroatoms. The van der Waals surface area contributed by atoms with Crippen molar-refractivity contribution in [2.75, 3.05) is 7.11 Å². The number of nitrogens with zero attached hydrogens (tertiary/aromatic N) is 8. The monoisotopic (exact) mass is 579 g/mol. The van der Waals surface area contributed by atoms with Gasteiger partial charge in [-0.25, -0.2) is 28.5 Å². The van der Waals surface area contributed by atoms with E-state index in [4.69, 9.17) is 9.72 Å². The minimum Gasteiger partial charge on any atom is -0.464 e. The lowest BCUT2D eigenvalue weighted by atomic mass is 9.90. The molecule has 0 aromatic carbocycles. The summed E-state index contributed by atoms with van der Waals surface area (Å²) in [6, 6.07) is 7.08. The van der Waals surface area contributed by atoms with Crippen molar-refractivity contribution in [3.8, 4) is 17.3 Å². The Morgan fingerprint density at radius 3 is 2.78 bits per heavy atom. The number of nitrogens with one attached hydrogen (secondary N) is 1. The molecular formula is C26H23F2N9O3S. The molecule has 5 aromatic heterocycles. The number of imidazole rings is 1. The van der Waals surface area contributed by atoms with Gasteiger partial charge in [-0.15, -0.1) is 21.2 Å². The number of carbonyl (C=O) groups excluding carboxylic acids is 2. The maximum Gasteiger partial charge on any atom is 0.360 e. The zero-order chi connectivity index (χ0) is 28.5. The number of pyridine rings is 2. The van der Waals surface area contributed by atoms with E-state index in [1.54, 1.807) is 18.5 Å². The van der Waals surface area contributed by atoms with E-state index in [0.717, 1.165) is 31.0 Å². The summed E-state index contributed by atoms with van der Waals surface area (Å²) >= 11 is 0.696. The van der Waals surface area contributed by atoms with Gasteiger partial charge in [0.05, 0.1) is 29.9 Å². The van der Waals surface area contributed by atoms with Crippen molar-refractivity contribution in [3.63, 3.8) is 0 Å². The SMILES string of the molecule is COC(=O)c1cnn(-c2cc3c(cn2)nc(-c2ccccn2)n3[C@@H]2CCC[C@H](NC(=O)c3ncc(C(F)F)s3)C2)n1. The van der Waals surface area contributed by atoms with Gasteiger partial charge in [0, 0.05) is 30.5 Å². The highest BCUT2D eigenvalue weighted by molar-refractivity contribution is 7.13. The van der Waals surface area contributed by atoms with Crippen LogP contribution in [0.25, 0.3) is 28.4 Å². The molecule has 210 valence electrons. The first kappa shape index (κ1) is 26.6. The number of esters is 1. The van der Waals surface area contributed by atoms with Crippen LogP contribution in [-0.2, 0) is 4.74 Å². The van der Waals surface area contributed by atoms with Crippen LogP contribution in [-0.4, -0.2) is 64.5 Å². The summed E-state index contributed by atoms with van der Waals surface area (Å²) in [7, 11) is 1.26. The Morgan fingerprint density at radius 1 is 1.15 bits per heavy atom. The highest BCUT2D eigenvalue weighted by Gasteiger charge is 2.30. The molecule has 12 nitrogen and oxygen atoms in total. The first-order valence-electron chi connectivity index (χ1n) is 12.8. The number of halogens is 2. The third-order valence-electron chi connectivity index (χ3n) is 6.83. The number of hydrogen-bond donors (Lipinski definition) is 1. The fourth-order valence-corrected chi connectivity index (χ4v) is 5.66. The standard InChI is InChI=1S/C26H23F2N9O3S/c1-40-26(39)18-12-32-37(35-18)21-10-19-17(11-30-21)34-23(16-7-2-3-8-29-16)36(19)15-6-4-5-14(9-15)33-24(38)25-31-13-20(41-25)22(27)28/h2-3,7-8,10-15,22H,4-6,9H2,1H3,(H,33,38)/t14-,15+/m0/s1. The first-order valence-corrected chi connectivity index (χ1v) is 13.6. The molecule has 1 saturated carbocycles. The Bertz CT molecular complexity index is 1720. The van der Waals surface area contributed by atoms with Gasteiger partial charge >= 0.3 is 5.97 Å². The van der Waals surface area contributed by atoms with Gasteiger partial charge in [0.2, 0.25) is 0 Å². The number of ether oxygens (including phenoxy) is 1. The van der Waals surface area contributed by atoms with E-state index in [1.807, 2.05) is 18.2 Å². The minimum absolute atomic E-state index is 0.0124. The third-order valence-corrected chi connectivity index (χ3v) is 7.83. The van der Waals surface area contributed by atoms with Crippen molar-refractivity contribution in [1.82, 2.24) is 44.8 Å². The molecular weight excluding hydrogens is 556 g/mol. The molecule has 41 heavy (non-hydrogen) atoms. The summed E-state index contributed by atoms with van der Waals surface area (Å²) in [5.41, 5.74) is 2.10. The van der Waals surface area contributed by atoms with E-state index in [0.29, 0.717) is 40.6 Å². The van der Waals surface area contributed by atoms with Crippen LogP contribution in [0.1, 0.15) is 63.3 Å². The largest absolute Gasteiger partial charge is 0.464 e. The Hall–Kier alpha value is -4.66. The van der Waals surface area contributed by atoms with E-state index in [2.05, 4.69) is 35.0 Å². The van der Waals surface area contributed by atoms with Gasteiger partial charge in [0.15, 0.2) is 22.3 Å². The van der Waals surface area contributed by atoms with Crippen LogP contribution < -0.4 is 5.32 Å². The zero-order valence-electron chi connectivity index (χ0n) is 21.6. The van der Waals surface area contributed by atoms with Crippen LogP contribution in [0.2, 0.25) is 0 Å². The molecule has 5 aromatic rings. The minimum atomic E-state index is -2.67. The summed E-state index contributed by atoms with van der Waals surface area (Å²) in [4.78, 5) is 43.4. The molecule has 1 aliphatic rings. The van der Waals surface area contributed by atoms with Crippen LogP contribution >= 0.6 is 11.3 Å². The van der Waals surface area contributed by atoms with E-state index in [9.17, 15) is 18.4 Å². The van der Waals surface area contributed by atoms with Crippen molar-refractivity contribution in [3.05, 3.63) is 64.6 Å². The van der Waals surface area contributed by atoms with Crippen molar-refractivity contribution in [1.29, 1.82) is 0 Å². The number of alkyl halides is 2. The second-order valence-electron chi connectivity index (χ2n) is 9.42. The molecule has 1 fully saturated rings. The Balaban J connectivity index is 1.34. The number of aromatic nitrogens is 8. The number of hydrogen-bond acceptors (Lipinski definition) is 10. The van der Waals surface area contributed by atoms with Gasteiger partial charge in [-0.1, -0.05) is 6.07 Å². The van der Waals surface area contributed by atoms with Crippen LogP contribution in [0.4, 0.5) is 8.78 Å². The summed E-state index contributed by atoms with van der Waals surface area (Å²) in [5, 5.41) is 11.3. The molecule has 0 spiro atoms. The summed E-state index contributed by atoms with van der Waals surface area (Å²) in [6.45, 7) is 0. The van der Waals surface area contributed by atoms with E-state index >= 15 is 0 Å². The van der Waals surface area contributed by atoms with Crippen molar-refractivity contribution in [2.24, 2.45) is 0 Å². The molecule has 1 amide bonds. The topological polar surface area (TPSA) is 143 Å². The molecule has 5 heterocycles. The van der Waals surface area contributed by atoms with Crippen LogP contribution in [0, 0.1) is 0 Å². The highest BCUT2D eigenvalue weighted by atomic mass is 32.1. The Kier molecular flexibility index (Phi) is 7.17. The van der Waals surface area contributed by atoms with Gasteiger partial charge in [-0.2, -0.15) is 5.10 Å². The molecule has 0 bridgehead atoms. The maximum absolute atomic E-state index is 13.0. The molecule has 0 radical (unpaired) electrons. The summed E-state index contributed by atoms with van der Waals surface area (Å²) < 4.78 is 32.8. The lowest BCUT2D eigenvalue weighted by molar-refractivity contribution is 0.0593. The van der Waals surface area contributed by atoms with Gasteiger partial charge < -0.3 is 14.6 Å². The van der Waals surface area contributed by atoms with Gasteiger partial charge in [-0.05, 0) is 37.8 Å². The molecule has 0 saturated heterocycles. The fraction of sp³-hybridized carbons (Fsp3) is 0.308. The second kappa shape index (κ2) is 11.1. The predicted octanol–water partition coefficient (Wildman–Crippen LogP) is 4.17. The molecule has 0 unspecified atom stereocenters. The summed E-state index contributed by atoms with van der Waals surface area (Å²) in [6.07, 6.45) is 5.92. The van der Waals surface area contributed by atoms with Gasteiger partial charge in [0.25, 0.3) is 12.3 Å². The summed E-state index contributed by atoms with van der Waals surface area (Å²) in [5.74, 6) is -0.0636. The normalized spacial score (nSPS) is 17.2. The number of fused-ring (bicyclic) bond motifs is 1. The molecule has 6 rings (SSSR count). The number of thiazole rings is 1. The van der Waals surface area contributed by atoms with E-state index < -0.39 is 18.3 Å². The molecule has 1 aliphatic carbocycles. The van der Waals surface area contributed by atoms with Crippen LogP contribution in [0.15, 0.2) is 49.1 Å². The number of rotatable bonds is 7. The van der Waals surface area contributed by atoms with Crippen molar-refractivity contribution < 1.29 is 23.1 Å². The highest BCUT2D eigenvalue weighted by Crippen LogP contribution is 2.36. The Labute approximate surface area is 235 Å². The Morgan fingerprint density at radius 2 is 2.02 bits per heavy atom. The molecule has 0 aliphatic heterocycles. The predicted molar refractivity (Wildman–Crippen MR) is 143 cm³/mol. The lowest BCUT2D eigenvalue weighted by Crippen LogP contribution is -2.39. The maximum atomic E-state index is 13.0. The smallest absolute Gasteiger partial charge is 0.360 e. The van der Waals surface area contributed by atoms with Crippen molar-refractivity contribution >= 4 is 34.2 Å². The van der Waals surface area contributed by atoms with Gasteiger partial charge in [0.1, 0.15) is 11.2 Å². The first-order chi connectivity index (χ1) is 19.9. The van der Waals surface area contributed by atoms with E-state index in [1.165, 1.54) is 18.1 Å². The van der Waals surface area contributed by atoms with E-state index in [-0.39, 0.29) is 27.7 Å². The number of carbonyl (C=O) groups is 2. The second-order valence-corrected chi connectivity index (χ2v) is 10.5. The average molecular weight is 580 g/mol.